The number of aryl methyl sites for hydroxylation is 1. The smallest absolute Gasteiger partial charge is 0.203 e. The molecular weight excluding hydrogens is 578 g/mol. The van der Waals surface area contributed by atoms with Gasteiger partial charge >= 0.3 is 0 Å². The fourth-order valence-electron chi connectivity index (χ4n) is 7.12. The van der Waals surface area contributed by atoms with Crippen LogP contribution in [0.4, 0.5) is 0 Å². The molecule has 0 saturated carbocycles. The van der Waals surface area contributed by atoms with Gasteiger partial charge in [-0.2, -0.15) is 0 Å². The Morgan fingerprint density at radius 1 is 0.565 bits per heavy atom. The van der Waals surface area contributed by atoms with Crippen LogP contribution < -0.4 is 28.4 Å². The van der Waals surface area contributed by atoms with Gasteiger partial charge in [0, 0.05) is 17.3 Å². The van der Waals surface area contributed by atoms with E-state index >= 15 is 0 Å². The highest BCUT2D eigenvalue weighted by atomic mass is 16.5. The maximum absolute atomic E-state index is 5.69. The quantitative estimate of drug-likeness (QED) is 0.130. The summed E-state index contributed by atoms with van der Waals surface area (Å²) in [5, 5.41) is 4.32. The lowest BCUT2D eigenvalue weighted by Crippen LogP contribution is -2.31. The average molecular weight is 630 g/mol. The summed E-state index contributed by atoms with van der Waals surface area (Å²) in [6.07, 6.45) is 11.2. The second-order valence-corrected chi connectivity index (χ2v) is 12.4. The van der Waals surface area contributed by atoms with E-state index in [1.54, 1.807) is 42.7 Å². The first kappa shape index (κ1) is 33.5. The molecule has 46 heavy (non-hydrogen) atoms. The van der Waals surface area contributed by atoms with E-state index in [4.69, 9.17) is 28.4 Å². The Labute approximate surface area is 274 Å². The maximum Gasteiger partial charge on any atom is 0.203 e. The molecule has 0 aliphatic carbocycles. The van der Waals surface area contributed by atoms with Gasteiger partial charge in [-0.25, -0.2) is 0 Å². The van der Waals surface area contributed by atoms with E-state index in [1.807, 2.05) is 12.1 Å². The number of methoxy groups -OCH3 is 6. The number of nitrogens with zero attached hydrogens (tertiary/aromatic N) is 1. The standard InChI is InChI=1S/C39H51NO6/c1-41-34-25-30-23-28(14-16-32(30)36(43-3)38(34)45-5)13-8-7-11-27-12-9-10-20-40(21-18-27)22-19-29-15-17-33-31(24-29)26-35(42-2)39(46-6)37(33)44-4/h14-17,23-27H,7-13,18-22H2,1-6H3. The van der Waals surface area contributed by atoms with Gasteiger partial charge in [-0.05, 0) is 85.1 Å². The molecule has 0 spiro atoms. The molecule has 0 N–H and O–H groups in total. The third kappa shape index (κ3) is 7.58. The molecule has 1 aliphatic heterocycles. The first-order chi connectivity index (χ1) is 22.5. The SMILES string of the molecule is COc1cc2cc(CCCCC3CCCCN(CCc4ccc5c(OC)c(OC)c(OC)cc5c4)CC3)ccc2c(OC)c1OC. The van der Waals surface area contributed by atoms with Crippen LogP contribution >= 0.6 is 0 Å². The van der Waals surface area contributed by atoms with Crippen molar-refractivity contribution in [1.29, 1.82) is 0 Å². The van der Waals surface area contributed by atoms with E-state index in [-0.39, 0.29) is 0 Å². The first-order valence-corrected chi connectivity index (χ1v) is 16.7. The number of hydrogen-bond donors (Lipinski definition) is 0. The number of benzene rings is 4. The lowest BCUT2D eigenvalue weighted by molar-refractivity contribution is 0.215. The van der Waals surface area contributed by atoms with Gasteiger partial charge < -0.3 is 33.3 Å². The molecule has 1 heterocycles. The Morgan fingerprint density at radius 3 is 1.67 bits per heavy atom. The molecule has 7 nitrogen and oxygen atoms in total. The van der Waals surface area contributed by atoms with Crippen molar-refractivity contribution in [3.8, 4) is 34.5 Å². The fourth-order valence-corrected chi connectivity index (χ4v) is 7.12. The first-order valence-electron chi connectivity index (χ1n) is 16.7. The molecule has 7 heteroatoms. The molecule has 1 fully saturated rings. The summed E-state index contributed by atoms with van der Waals surface area (Å²) in [6, 6.07) is 17.4. The highest BCUT2D eigenvalue weighted by Crippen LogP contribution is 2.44. The number of unbranched alkanes of at least 4 members (excludes halogenated alkanes) is 1. The fraction of sp³-hybridized carbons (Fsp3) is 0.487. The molecule has 0 aromatic heterocycles. The van der Waals surface area contributed by atoms with Gasteiger partial charge in [-0.15, -0.1) is 0 Å². The van der Waals surface area contributed by atoms with Crippen LogP contribution in [-0.2, 0) is 12.8 Å². The molecular formula is C39H51NO6. The highest BCUT2D eigenvalue weighted by Gasteiger charge is 2.19. The van der Waals surface area contributed by atoms with Crippen LogP contribution in [0.3, 0.4) is 0 Å². The van der Waals surface area contributed by atoms with Crippen molar-refractivity contribution in [3.05, 3.63) is 59.7 Å². The topological polar surface area (TPSA) is 58.6 Å². The molecule has 4 aromatic rings. The van der Waals surface area contributed by atoms with Crippen LogP contribution in [0.1, 0.15) is 56.1 Å². The molecule has 1 atom stereocenters. The van der Waals surface area contributed by atoms with Gasteiger partial charge in [-0.3, -0.25) is 0 Å². The Balaban J connectivity index is 1.12. The predicted octanol–water partition coefficient (Wildman–Crippen LogP) is 8.49. The summed E-state index contributed by atoms with van der Waals surface area (Å²) < 4.78 is 33.7. The van der Waals surface area contributed by atoms with Gasteiger partial charge in [-0.1, -0.05) is 62.1 Å². The zero-order valence-electron chi connectivity index (χ0n) is 28.6. The van der Waals surface area contributed by atoms with Crippen molar-refractivity contribution in [1.82, 2.24) is 4.90 Å². The average Bonchev–Trinajstić information content (AvgIpc) is 3.08. The van der Waals surface area contributed by atoms with Gasteiger partial charge in [0.1, 0.15) is 0 Å². The van der Waals surface area contributed by atoms with Crippen molar-refractivity contribution in [3.63, 3.8) is 0 Å². The van der Waals surface area contributed by atoms with E-state index < -0.39 is 0 Å². The van der Waals surface area contributed by atoms with Crippen molar-refractivity contribution >= 4 is 21.5 Å². The van der Waals surface area contributed by atoms with E-state index in [0.29, 0.717) is 23.0 Å². The summed E-state index contributed by atoms with van der Waals surface area (Å²) in [6.45, 7) is 3.48. The van der Waals surface area contributed by atoms with Crippen molar-refractivity contribution in [2.75, 3.05) is 62.3 Å². The van der Waals surface area contributed by atoms with E-state index in [9.17, 15) is 0 Å². The Kier molecular flexibility index (Phi) is 11.8. The Bertz CT molecular complexity index is 1600. The molecule has 1 unspecified atom stereocenters. The van der Waals surface area contributed by atoms with Crippen LogP contribution in [0.5, 0.6) is 34.5 Å². The van der Waals surface area contributed by atoms with Gasteiger partial charge in [0.05, 0.1) is 42.7 Å². The van der Waals surface area contributed by atoms with Crippen molar-refractivity contribution in [2.24, 2.45) is 5.92 Å². The minimum Gasteiger partial charge on any atom is -0.493 e. The van der Waals surface area contributed by atoms with Gasteiger partial charge in [0.15, 0.2) is 23.0 Å². The summed E-state index contributed by atoms with van der Waals surface area (Å²) in [5.74, 6) is 4.92. The minimum atomic E-state index is 0.637. The van der Waals surface area contributed by atoms with Crippen molar-refractivity contribution < 1.29 is 28.4 Å². The van der Waals surface area contributed by atoms with Crippen LogP contribution in [0.25, 0.3) is 21.5 Å². The third-order valence-corrected chi connectivity index (χ3v) is 9.65. The monoisotopic (exact) mass is 629 g/mol. The zero-order chi connectivity index (χ0) is 32.5. The van der Waals surface area contributed by atoms with E-state index in [2.05, 4.69) is 41.3 Å². The predicted molar refractivity (Wildman–Crippen MR) is 187 cm³/mol. The molecule has 1 aliphatic rings. The van der Waals surface area contributed by atoms with E-state index in [0.717, 1.165) is 58.3 Å². The largest absolute Gasteiger partial charge is 0.493 e. The Morgan fingerprint density at radius 2 is 1.13 bits per heavy atom. The van der Waals surface area contributed by atoms with Crippen LogP contribution in [-0.4, -0.2) is 67.2 Å². The van der Waals surface area contributed by atoms with E-state index in [1.165, 1.54) is 69.2 Å². The van der Waals surface area contributed by atoms with Crippen LogP contribution in [0, 0.1) is 5.92 Å². The van der Waals surface area contributed by atoms with Gasteiger partial charge in [0.25, 0.3) is 0 Å². The second-order valence-electron chi connectivity index (χ2n) is 12.4. The Hall–Kier alpha value is -3.84. The molecule has 0 radical (unpaired) electrons. The van der Waals surface area contributed by atoms with Crippen LogP contribution in [0.2, 0.25) is 0 Å². The minimum absolute atomic E-state index is 0.637. The van der Waals surface area contributed by atoms with Gasteiger partial charge in [0.2, 0.25) is 11.5 Å². The maximum atomic E-state index is 5.69. The number of hydrogen-bond acceptors (Lipinski definition) is 7. The number of rotatable bonds is 14. The molecule has 4 aromatic carbocycles. The summed E-state index contributed by atoms with van der Waals surface area (Å²) >= 11 is 0. The molecule has 0 amide bonds. The van der Waals surface area contributed by atoms with Crippen molar-refractivity contribution in [2.45, 2.75) is 57.8 Å². The van der Waals surface area contributed by atoms with Crippen LogP contribution in [0.15, 0.2) is 48.5 Å². The molecule has 0 bridgehead atoms. The normalized spacial score (nSPS) is 15.7. The highest BCUT2D eigenvalue weighted by molar-refractivity contribution is 5.94. The lowest BCUT2D eigenvalue weighted by Gasteiger charge is -2.28. The summed E-state index contributed by atoms with van der Waals surface area (Å²) in [4.78, 5) is 2.68. The molecule has 248 valence electrons. The second kappa shape index (κ2) is 16.1. The number of likely N-dealkylation sites (tertiary alicyclic amines) is 1. The summed E-state index contributed by atoms with van der Waals surface area (Å²) in [7, 11) is 9.99. The molecule has 1 saturated heterocycles. The number of ether oxygens (including phenoxy) is 6. The zero-order valence-corrected chi connectivity index (χ0v) is 28.6. The number of fused-ring (bicyclic) bond motifs is 2. The molecule has 5 rings (SSSR count). The summed E-state index contributed by atoms with van der Waals surface area (Å²) in [5.41, 5.74) is 2.69. The lowest BCUT2D eigenvalue weighted by atomic mass is 9.90. The third-order valence-electron chi connectivity index (χ3n) is 9.65.